The number of fused-ring (bicyclic) bond motifs is 1. The molecule has 33 heavy (non-hydrogen) atoms. The second kappa shape index (κ2) is 9.19. The summed E-state index contributed by atoms with van der Waals surface area (Å²) < 4.78 is 16.6. The van der Waals surface area contributed by atoms with Gasteiger partial charge in [-0.1, -0.05) is 12.1 Å². The molecule has 2 aliphatic rings. The predicted molar refractivity (Wildman–Crippen MR) is 128 cm³/mol. The van der Waals surface area contributed by atoms with Crippen molar-refractivity contribution < 1.29 is 19.3 Å². The van der Waals surface area contributed by atoms with Crippen LogP contribution in [0.5, 0.6) is 23.0 Å². The van der Waals surface area contributed by atoms with Crippen LogP contribution >= 0.6 is 0 Å². The highest BCUT2D eigenvalue weighted by Crippen LogP contribution is 2.42. The number of phenolic OH excluding ortho intramolecular Hbond substituents is 1. The van der Waals surface area contributed by atoms with Crippen LogP contribution < -0.4 is 19.5 Å². The number of anilines is 1. The van der Waals surface area contributed by atoms with E-state index in [2.05, 4.69) is 23.3 Å². The molecule has 0 aliphatic carbocycles. The molecular formula is C26H29N3O4. The number of nitrogens with one attached hydrogen (secondary N) is 1. The van der Waals surface area contributed by atoms with Crippen LogP contribution in [0.4, 0.5) is 5.82 Å². The smallest absolute Gasteiger partial charge is 0.231 e. The van der Waals surface area contributed by atoms with Crippen LogP contribution in [0.15, 0.2) is 48.5 Å². The lowest BCUT2D eigenvalue weighted by Crippen LogP contribution is -2.27. The summed E-state index contributed by atoms with van der Waals surface area (Å²) in [6, 6.07) is 15.9. The van der Waals surface area contributed by atoms with E-state index < -0.39 is 0 Å². The maximum atomic E-state index is 10.0. The quantitative estimate of drug-likeness (QED) is 0.541. The van der Waals surface area contributed by atoms with E-state index in [1.165, 1.54) is 19.4 Å². The van der Waals surface area contributed by atoms with Gasteiger partial charge >= 0.3 is 0 Å². The third-order valence-electron chi connectivity index (χ3n) is 6.46. The molecule has 1 aromatic heterocycles. The number of methoxy groups -OCH3 is 1. The summed E-state index contributed by atoms with van der Waals surface area (Å²) >= 11 is 0. The van der Waals surface area contributed by atoms with Crippen molar-refractivity contribution in [1.29, 1.82) is 0 Å². The first-order valence-corrected chi connectivity index (χ1v) is 11.3. The molecule has 7 nitrogen and oxygen atoms in total. The average molecular weight is 448 g/mol. The summed E-state index contributed by atoms with van der Waals surface area (Å²) in [5, 5.41) is 13.6. The molecule has 7 heteroatoms. The van der Waals surface area contributed by atoms with Crippen molar-refractivity contribution in [2.45, 2.75) is 25.3 Å². The Morgan fingerprint density at radius 2 is 2.06 bits per heavy atom. The molecule has 2 aliphatic heterocycles. The van der Waals surface area contributed by atoms with Gasteiger partial charge < -0.3 is 29.5 Å². The molecule has 0 amide bonds. The van der Waals surface area contributed by atoms with Crippen molar-refractivity contribution >= 4 is 5.82 Å². The number of rotatable bonds is 7. The molecule has 5 rings (SSSR count). The molecule has 0 spiro atoms. The van der Waals surface area contributed by atoms with Crippen LogP contribution in [0, 0.1) is 0 Å². The monoisotopic (exact) mass is 447 g/mol. The van der Waals surface area contributed by atoms with Gasteiger partial charge in [0.05, 0.1) is 12.8 Å². The van der Waals surface area contributed by atoms with Crippen molar-refractivity contribution in [1.82, 2.24) is 9.88 Å². The Kier molecular flexibility index (Phi) is 5.96. The Morgan fingerprint density at radius 3 is 2.88 bits per heavy atom. The topological polar surface area (TPSA) is 76.1 Å². The standard InChI is InChI=1S/C26H29N3O4/c1-29-12-4-5-19(29)10-11-27-25-15-18(20-6-3-7-23-26(20)33-16-32-23)13-21(28-25)17-8-9-22(30)24(14-17)31-2/h3,6-9,13-15,19,30H,4-5,10-12,16H2,1-2H3,(H,27,28). The fourth-order valence-electron chi connectivity index (χ4n) is 4.63. The molecule has 2 aromatic carbocycles. The van der Waals surface area contributed by atoms with Gasteiger partial charge in [-0.25, -0.2) is 4.98 Å². The van der Waals surface area contributed by atoms with Gasteiger partial charge in [0.15, 0.2) is 23.0 Å². The van der Waals surface area contributed by atoms with Gasteiger partial charge in [-0.15, -0.1) is 0 Å². The van der Waals surface area contributed by atoms with Crippen LogP contribution in [0.25, 0.3) is 22.4 Å². The van der Waals surface area contributed by atoms with Crippen molar-refractivity contribution in [3.8, 4) is 45.4 Å². The Hall–Kier alpha value is -3.45. The molecule has 1 unspecified atom stereocenters. The van der Waals surface area contributed by atoms with Crippen molar-refractivity contribution in [3.05, 3.63) is 48.5 Å². The number of hydrogen-bond donors (Lipinski definition) is 2. The number of nitrogens with zero attached hydrogens (tertiary/aromatic N) is 2. The van der Waals surface area contributed by atoms with Crippen molar-refractivity contribution in [2.24, 2.45) is 0 Å². The predicted octanol–water partition coefficient (Wildman–Crippen LogP) is 4.75. The fraction of sp³-hybridized carbons (Fsp3) is 0.346. The normalized spacial score (nSPS) is 17.3. The zero-order valence-corrected chi connectivity index (χ0v) is 19.0. The summed E-state index contributed by atoms with van der Waals surface area (Å²) in [4.78, 5) is 7.31. The van der Waals surface area contributed by atoms with Gasteiger partial charge in [-0.05, 0) is 74.8 Å². The van der Waals surface area contributed by atoms with Gasteiger partial charge in [0.1, 0.15) is 5.82 Å². The van der Waals surface area contributed by atoms with Crippen LogP contribution in [-0.2, 0) is 0 Å². The lowest BCUT2D eigenvalue weighted by atomic mass is 10.0. The number of likely N-dealkylation sites (tertiary alicyclic amines) is 1. The van der Waals surface area contributed by atoms with E-state index in [9.17, 15) is 5.11 Å². The van der Waals surface area contributed by atoms with E-state index in [1.807, 2.05) is 30.3 Å². The third kappa shape index (κ3) is 4.41. The van der Waals surface area contributed by atoms with Crippen LogP contribution in [-0.4, -0.2) is 55.1 Å². The second-order valence-electron chi connectivity index (χ2n) is 8.54. The van der Waals surface area contributed by atoms with Gasteiger partial charge in [-0.2, -0.15) is 0 Å². The van der Waals surface area contributed by atoms with Crippen LogP contribution in [0.3, 0.4) is 0 Å². The SMILES string of the molecule is COc1cc(-c2cc(-c3cccc4c3OCO4)cc(NCCC3CCCN3C)n2)ccc1O. The number of pyridine rings is 1. The maximum Gasteiger partial charge on any atom is 0.231 e. The molecule has 1 saturated heterocycles. The summed E-state index contributed by atoms with van der Waals surface area (Å²) in [6.45, 7) is 2.24. The second-order valence-corrected chi connectivity index (χ2v) is 8.54. The molecule has 3 heterocycles. The average Bonchev–Trinajstić information content (AvgIpc) is 3.48. The molecule has 3 aromatic rings. The third-order valence-corrected chi connectivity index (χ3v) is 6.46. The molecule has 1 fully saturated rings. The zero-order valence-electron chi connectivity index (χ0n) is 19.0. The highest BCUT2D eigenvalue weighted by Gasteiger charge is 2.21. The Balaban J connectivity index is 1.50. The minimum atomic E-state index is 0.0999. The van der Waals surface area contributed by atoms with E-state index in [-0.39, 0.29) is 12.5 Å². The highest BCUT2D eigenvalue weighted by atomic mass is 16.7. The summed E-state index contributed by atoms with van der Waals surface area (Å²) in [6.07, 6.45) is 3.59. The van der Waals surface area contributed by atoms with Crippen LogP contribution in [0.1, 0.15) is 19.3 Å². The number of hydrogen-bond acceptors (Lipinski definition) is 7. The molecule has 0 bridgehead atoms. The molecule has 0 radical (unpaired) electrons. The highest BCUT2D eigenvalue weighted by molar-refractivity contribution is 5.80. The Bertz CT molecular complexity index is 1150. The van der Waals surface area contributed by atoms with E-state index >= 15 is 0 Å². The molecule has 2 N–H and O–H groups in total. The number of para-hydroxylation sites is 1. The summed E-state index contributed by atoms with van der Waals surface area (Å²) in [5.41, 5.74) is 3.57. The number of benzene rings is 2. The minimum Gasteiger partial charge on any atom is -0.504 e. The molecule has 1 atom stereocenters. The van der Waals surface area contributed by atoms with E-state index in [1.54, 1.807) is 19.2 Å². The van der Waals surface area contributed by atoms with E-state index in [0.717, 1.165) is 52.7 Å². The first-order chi connectivity index (χ1) is 16.1. The van der Waals surface area contributed by atoms with Gasteiger partial charge in [-0.3, -0.25) is 0 Å². The maximum absolute atomic E-state index is 10.0. The Morgan fingerprint density at radius 1 is 1.15 bits per heavy atom. The Labute approximate surface area is 193 Å². The van der Waals surface area contributed by atoms with E-state index in [4.69, 9.17) is 19.2 Å². The lowest BCUT2D eigenvalue weighted by molar-refractivity contribution is 0.174. The lowest BCUT2D eigenvalue weighted by Gasteiger charge is -2.20. The first kappa shape index (κ1) is 21.4. The first-order valence-electron chi connectivity index (χ1n) is 11.3. The number of aromatic nitrogens is 1. The van der Waals surface area contributed by atoms with Crippen LogP contribution in [0.2, 0.25) is 0 Å². The van der Waals surface area contributed by atoms with Gasteiger partial charge in [0.2, 0.25) is 6.79 Å². The fourth-order valence-corrected chi connectivity index (χ4v) is 4.63. The number of aromatic hydroxyl groups is 1. The summed E-state index contributed by atoms with van der Waals surface area (Å²) in [7, 11) is 3.74. The molecule has 172 valence electrons. The molecular weight excluding hydrogens is 418 g/mol. The zero-order chi connectivity index (χ0) is 22.8. The number of phenols is 1. The van der Waals surface area contributed by atoms with Crippen molar-refractivity contribution in [2.75, 3.05) is 39.4 Å². The van der Waals surface area contributed by atoms with E-state index in [0.29, 0.717) is 11.8 Å². The van der Waals surface area contributed by atoms with Gasteiger partial charge in [0.25, 0.3) is 0 Å². The van der Waals surface area contributed by atoms with Gasteiger partial charge in [0, 0.05) is 23.7 Å². The summed E-state index contributed by atoms with van der Waals surface area (Å²) in [5.74, 6) is 2.80. The largest absolute Gasteiger partial charge is 0.504 e. The number of ether oxygens (including phenoxy) is 3. The minimum absolute atomic E-state index is 0.0999. The molecule has 0 saturated carbocycles. The van der Waals surface area contributed by atoms with Crippen molar-refractivity contribution in [3.63, 3.8) is 0 Å².